The van der Waals surface area contributed by atoms with Crippen LogP contribution in [0.1, 0.15) is 11.1 Å². The maximum atomic E-state index is 12.2. The van der Waals surface area contributed by atoms with E-state index in [1.165, 1.54) is 0 Å². The van der Waals surface area contributed by atoms with Crippen LogP contribution >= 0.6 is 11.6 Å². The normalized spacial score (nSPS) is 12.7. The van der Waals surface area contributed by atoms with Crippen molar-refractivity contribution in [1.29, 1.82) is 0 Å². The Hall–Kier alpha value is -1.85. The fraction of sp³-hybridized carbons (Fsp3) is 0.316. The number of nitrogens with one attached hydrogen (secondary N) is 1. The number of benzene rings is 2. The van der Waals surface area contributed by atoms with Gasteiger partial charge in [0.25, 0.3) is 0 Å². The van der Waals surface area contributed by atoms with Crippen LogP contribution in [-0.2, 0) is 23.1 Å². The van der Waals surface area contributed by atoms with Crippen LogP contribution in [0.25, 0.3) is 0 Å². The minimum Gasteiger partial charge on any atom is -0.355 e. The van der Waals surface area contributed by atoms with Gasteiger partial charge in [0, 0.05) is 54.5 Å². The lowest BCUT2D eigenvalue weighted by atomic mass is 10.2. The molecule has 0 bridgehead atoms. The molecule has 134 valence electrons. The second-order valence-electron chi connectivity index (χ2n) is 5.73. The van der Waals surface area contributed by atoms with Gasteiger partial charge in [0.1, 0.15) is 0 Å². The van der Waals surface area contributed by atoms with Crippen LogP contribution in [0.5, 0.6) is 0 Å². The monoisotopic (exact) mass is 377 g/mol. The van der Waals surface area contributed by atoms with Crippen LogP contribution in [-0.4, -0.2) is 41.5 Å². The van der Waals surface area contributed by atoms with Gasteiger partial charge in [0.2, 0.25) is 0 Å². The van der Waals surface area contributed by atoms with Crippen LogP contribution in [0, 0.1) is 0 Å². The Morgan fingerprint density at radius 1 is 1.16 bits per heavy atom. The third-order valence-corrected chi connectivity index (χ3v) is 5.22. The highest BCUT2D eigenvalue weighted by Gasteiger charge is 2.08. The highest BCUT2D eigenvalue weighted by Crippen LogP contribution is 2.12. The standard InChI is InChI=1S/C19H24ClN3OS/c1-21-19(23(2)14-17-9-6-10-18(20)13-17)22-11-12-25(24)15-16-7-4-3-5-8-16/h3-10,13H,11-12,14-15H2,1-2H3,(H,21,22). The molecule has 0 aliphatic carbocycles. The Morgan fingerprint density at radius 2 is 1.88 bits per heavy atom. The molecule has 0 amide bonds. The molecular formula is C19H24ClN3OS. The number of nitrogens with zero attached hydrogens (tertiary/aromatic N) is 2. The van der Waals surface area contributed by atoms with Gasteiger partial charge >= 0.3 is 0 Å². The highest BCUT2D eigenvalue weighted by atomic mass is 35.5. The molecule has 0 aliphatic heterocycles. The molecule has 0 spiro atoms. The summed E-state index contributed by atoms with van der Waals surface area (Å²) in [5.74, 6) is 1.94. The fourth-order valence-electron chi connectivity index (χ4n) is 2.48. The zero-order valence-corrected chi connectivity index (χ0v) is 16.2. The molecule has 2 aromatic rings. The second-order valence-corrected chi connectivity index (χ2v) is 7.75. The van der Waals surface area contributed by atoms with Crippen molar-refractivity contribution in [3.63, 3.8) is 0 Å². The number of rotatable bonds is 7. The fourth-order valence-corrected chi connectivity index (χ4v) is 3.73. The first kappa shape index (κ1) is 19.5. The summed E-state index contributed by atoms with van der Waals surface area (Å²) in [6.07, 6.45) is 0. The van der Waals surface area contributed by atoms with E-state index in [4.69, 9.17) is 11.6 Å². The van der Waals surface area contributed by atoms with Crippen molar-refractivity contribution in [3.8, 4) is 0 Å². The Bertz CT molecular complexity index is 722. The summed E-state index contributed by atoms with van der Waals surface area (Å²) in [7, 11) is 2.82. The molecule has 0 saturated carbocycles. The smallest absolute Gasteiger partial charge is 0.193 e. The Kier molecular flexibility index (Phi) is 7.95. The van der Waals surface area contributed by atoms with Crippen LogP contribution in [0.3, 0.4) is 0 Å². The molecule has 1 atom stereocenters. The number of guanidine groups is 1. The van der Waals surface area contributed by atoms with Crippen molar-refractivity contribution in [2.45, 2.75) is 12.3 Å². The summed E-state index contributed by atoms with van der Waals surface area (Å²) in [4.78, 5) is 6.31. The van der Waals surface area contributed by atoms with Gasteiger partial charge in [-0.2, -0.15) is 0 Å². The quantitative estimate of drug-likeness (QED) is 0.594. The van der Waals surface area contributed by atoms with Gasteiger partial charge in [-0.15, -0.1) is 0 Å². The average Bonchev–Trinajstić information content (AvgIpc) is 2.59. The first-order valence-corrected chi connectivity index (χ1v) is 10.00. The number of hydrogen-bond donors (Lipinski definition) is 1. The van der Waals surface area contributed by atoms with Gasteiger partial charge in [0.15, 0.2) is 5.96 Å². The summed E-state index contributed by atoms with van der Waals surface area (Å²) in [5.41, 5.74) is 2.22. The summed E-state index contributed by atoms with van der Waals surface area (Å²) in [6, 6.07) is 17.7. The number of halogens is 1. The van der Waals surface area contributed by atoms with E-state index in [1.807, 2.05) is 66.5 Å². The van der Waals surface area contributed by atoms with Crippen LogP contribution in [0.2, 0.25) is 5.02 Å². The lowest BCUT2D eigenvalue weighted by Crippen LogP contribution is -2.40. The molecule has 0 radical (unpaired) electrons. The average molecular weight is 378 g/mol. The van der Waals surface area contributed by atoms with Gasteiger partial charge in [-0.3, -0.25) is 9.20 Å². The molecule has 0 heterocycles. The lowest BCUT2D eigenvalue weighted by molar-refractivity contribution is 0.479. The first-order valence-electron chi connectivity index (χ1n) is 8.13. The number of hydrogen-bond acceptors (Lipinski definition) is 2. The maximum Gasteiger partial charge on any atom is 0.193 e. The Labute approximate surface area is 157 Å². The van der Waals surface area contributed by atoms with Crippen molar-refractivity contribution in [2.75, 3.05) is 26.4 Å². The minimum atomic E-state index is -0.897. The minimum absolute atomic E-state index is 0.582. The van der Waals surface area contributed by atoms with E-state index in [0.29, 0.717) is 24.6 Å². The largest absolute Gasteiger partial charge is 0.355 e. The van der Waals surface area contributed by atoms with Crippen molar-refractivity contribution < 1.29 is 4.21 Å². The van der Waals surface area contributed by atoms with Crippen LogP contribution < -0.4 is 5.32 Å². The van der Waals surface area contributed by atoms with Gasteiger partial charge in [-0.1, -0.05) is 54.1 Å². The summed E-state index contributed by atoms with van der Waals surface area (Å²) >= 11 is 6.03. The first-order chi connectivity index (χ1) is 12.1. The zero-order chi connectivity index (χ0) is 18.1. The molecule has 2 aromatic carbocycles. The molecule has 1 unspecified atom stereocenters. The topological polar surface area (TPSA) is 44.7 Å². The van der Waals surface area contributed by atoms with Crippen molar-refractivity contribution in [1.82, 2.24) is 10.2 Å². The van der Waals surface area contributed by atoms with Crippen LogP contribution in [0.4, 0.5) is 0 Å². The summed E-state index contributed by atoms with van der Waals surface area (Å²) in [6.45, 7) is 1.32. The predicted octanol–water partition coefficient (Wildman–Crippen LogP) is 3.30. The van der Waals surface area contributed by atoms with Gasteiger partial charge < -0.3 is 10.2 Å². The van der Waals surface area contributed by atoms with Gasteiger partial charge in [-0.05, 0) is 23.3 Å². The molecule has 0 aromatic heterocycles. The van der Waals surface area contributed by atoms with Gasteiger partial charge in [0.05, 0.1) is 0 Å². The SMILES string of the molecule is CN=C(NCCS(=O)Cc1ccccc1)N(C)Cc1cccc(Cl)c1. The summed E-state index contributed by atoms with van der Waals surface area (Å²) in [5, 5.41) is 4.00. The predicted molar refractivity (Wildman–Crippen MR) is 107 cm³/mol. The Balaban J connectivity index is 1.78. The molecule has 1 N–H and O–H groups in total. The molecule has 6 heteroatoms. The van der Waals surface area contributed by atoms with E-state index in [0.717, 1.165) is 22.1 Å². The van der Waals surface area contributed by atoms with E-state index in [2.05, 4.69) is 10.3 Å². The molecule has 2 rings (SSSR count). The van der Waals surface area contributed by atoms with E-state index in [9.17, 15) is 4.21 Å². The lowest BCUT2D eigenvalue weighted by Gasteiger charge is -2.22. The molecule has 25 heavy (non-hydrogen) atoms. The number of aliphatic imine (C=N–C) groups is 1. The molecule has 0 aliphatic rings. The highest BCUT2D eigenvalue weighted by molar-refractivity contribution is 7.84. The third kappa shape index (κ3) is 6.88. The molecule has 4 nitrogen and oxygen atoms in total. The van der Waals surface area contributed by atoms with Crippen molar-refractivity contribution >= 4 is 28.4 Å². The third-order valence-electron chi connectivity index (χ3n) is 3.67. The zero-order valence-electron chi connectivity index (χ0n) is 14.6. The van der Waals surface area contributed by atoms with E-state index >= 15 is 0 Å². The molecule has 0 saturated heterocycles. The van der Waals surface area contributed by atoms with Crippen molar-refractivity contribution in [3.05, 3.63) is 70.7 Å². The van der Waals surface area contributed by atoms with Gasteiger partial charge in [-0.25, -0.2) is 0 Å². The maximum absolute atomic E-state index is 12.2. The van der Waals surface area contributed by atoms with E-state index < -0.39 is 10.8 Å². The van der Waals surface area contributed by atoms with Crippen molar-refractivity contribution in [2.24, 2.45) is 4.99 Å². The summed E-state index contributed by atoms with van der Waals surface area (Å²) < 4.78 is 12.2. The van der Waals surface area contributed by atoms with E-state index in [-0.39, 0.29) is 0 Å². The van der Waals surface area contributed by atoms with E-state index in [1.54, 1.807) is 7.05 Å². The Morgan fingerprint density at radius 3 is 2.56 bits per heavy atom. The molecule has 0 fully saturated rings. The molecular weight excluding hydrogens is 354 g/mol. The second kappa shape index (κ2) is 10.2. The van der Waals surface area contributed by atoms with Crippen LogP contribution in [0.15, 0.2) is 59.6 Å².